The lowest BCUT2D eigenvalue weighted by Gasteiger charge is -2.39. The minimum atomic E-state index is -0.452. The number of ether oxygens (including phenoxy) is 1. The van der Waals surface area contributed by atoms with E-state index in [1.165, 1.54) is 0 Å². The van der Waals surface area contributed by atoms with Crippen molar-refractivity contribution >= 4 is 6.29 Å². The van der Waals surface area contributed by atoms with Gasteiger partial charge in [-0.05, 0) is 25.0 Å². The minimum Gasteiger partial charge on any atom is -0.379 e. The van der Waals surface area contributed by atoms with Crippen molar-refractivity contribution in [3.05, 3.63) is 30.1 Å². The fraction of sp³-hybridized carbons (Fsp3) is 0.538. The van der Waals surface area contributed by atoms with Crippen LogP contribution in [0.4, 0.5) is 0 Å². The zero-order valence-corrected chi connectivity index (χ0v) is 10.1. The van der Waals surface area contributed by atoms with Crippen molar-refractivity contribution in [1.29, 1.82) is 0 Å². The number of carbonyl (C=O) groups excluding carboxylic acids is 1. The zero-order chi connectivity index (χ0) is 12.1. The first-order valence-electron chi connectivity index (χ1n) is 5.93. The smallest absolute Gasteiger partial charge is 0.140 e. The Kier molecular flexibility index (Phi) is 3.86. The topological polar surface area (TPSA) is 42.4 Å². The molecule has 2 rings (SSSR count). The second-order valence-corrected chi connectivity index (χ2v) is 4.61. The number of carbonyl (C=O) groups is 1. The summed E-state index contributed by atoms with van der Waals surface area (Å²) in [5.41, 5.74) is 0.640. The molecule has 1 fully saturated rings. The molecule has 1 unspecified atom stereocenters. The van der Waals surface area contributed by atoms with Gasteiger partial charge in [-0.1, -0.05) is 6.07 Å². The Hall–Kier alpha value is -1.26. The molecule has 1 aliphatic rings. The molecule has 0 radical (unpaired) electrons. The van der Waals surface area contributed by atoms with E-state index in [0.717, 1.165) is 24.9 Å². The van der Waals surface area contributed by atoms with Gasteiger partial charge in [0.2, 0.25) is 0 Å². The van der Waals surface area contributed by atoms with Gasteiger partial charge in [0.25, 0.3) is 0 Å². The van der Waals surface area contributed by atoms with Crippen LogP contribution in [0.1, 0.15) is 12.5 Å². The number of nitrogens with zero attached hydrogens (tertiary/aromatic N) is 2. The molecule has 0 aromatic carbocycles. The first-order valence-corrected chi connectivity index (χ1v) is 5.93. The maximum atomic E-state index is 11.4. The molecule has 2 heterocycles. The van der Waals surface area contributed by atoms with E-state index in [9.17, 15) is 4.79 Å². The molecule has 4 nitrogen and oxygen atoms in total. The van der Waals surface area contributed by atoms with E-state index in [1.807, 2.05) is 25.3 Å². The highest BCUT2D eigenvalue weighted by molar-refractivity contribution is 5.64. The predicted molar refractivity (Wildman–Crippen MR) is 64.8 cm³/mol. The molecule has 0 saturated carbocycles. The molecular weight excluding hydrogens is 216 g/mol. The number of aromatic nitrogens is 1. The maximum absolute atomic E-state index is 11.4. The Morgan fingerprint density at radius 2 is 2.29 bits per heavy atom. The summed E-state index contributed by atoms with van der Waals surface area (Å²) >= 11 is 0. The van der Waals surface area contributed by atoms with Crippen molar-refractivity contribution in [3.63, 3.8) is 0 Å². The number of morpholine rings is 1. The third kappa shape index (κ3) is 2.90. The lowest BCUT2D eigenvalue weighted by Crippen LogP contribution is -2.54. The van der Waals surface area contributed by atoms with Gasteiger partial charge in [-0.25, -0.2) is 0 Å². The van der Waals surface area contributed by atoms with Gasteiger partial charge in [0.15, 0.2) is 0 Å². The van der Waals surface area contributed by atoms with Crippen LogP contribution in [-0.2, 0) is 16.0 Å². The van der Waals surface area contributed by atoms with Crippen LogP contribution < -0.4 is 0 Å². The first-order chi connectivity index (χ1) is 8.24. The van der Waals surface area contributed by atoms with Crippen molar-refractivity contribution < 1.29 is 9.53 Å². The van der Waals surface area contributed by atoms with Crippen LogP contribution >= 0.6 is 0 Å². The second kappa shape index (κ2) is 5.38. The van der Waals surface area contributed by atoms with E-state index < -0.39 is 5.54 Å². The van der Waals surface area contributed by atoms with Crippen LogP contribution in [0, 0.1) is 0 Å². The molecule has 0 amide bonds. The van der Waals surface area contributed by atoms with Crippen LogP contribution in [0.3, 0.4) is 0 Å². The van der Waals surface area contributed by atoms with Gasteiger partial charge >= 0.3 is 0 Å². The lowest BCUT2D eigenvalue weighted by atomic mass is 9.93. The molecular formula is C13H18N2O2. The quantitative estimate of drug-likeness (QED) is 0.726. The largest absolute Gasteiger partial charge is 0.379 e. The Bertz CT molecular complexity index is 363. The molecule has 1 atom stereocenters. The average molecular weight is 234 g/mol. The van der Waals surface area contributed by atoms with E-state index in [2.05, 4.69) is 9.88 Å². The summed E-state index contributed by atoms with van der Waals surface area (Å²) in [6.45, 7) is 5.02. The Morgan fingerprint density at radius 3 is 2.88 bits per heavy atom. The van der Waals surface area contributed by atoms with Crippen LogP contribution in [-0.4, -0.2) is 48.0 Å². The van der Waals surface area contributed by atoms with E-state index in [4.69, 9.17) is 4.74 Å². The van der Waals surface area contributed by atoms with Crippen LogP contribution in [0.25, 0.3) is 0 Å². The number of pyridine rings is 1. The monoisotopic (exact) mass is 234 g/mol. The van der Waals surface area contributed by atoms with Gasteiger partial charge in [-0.2, -0.15) is 0 Å². The number of hydrogen-bond donors (Lipinski definition) is 0. The average Bonchev–Trinajstić information content (AvgIpc) is 2.41. The highest BCUT2D eigenvalue weighted by Gasteiger charge is 2.32. The van der Waals surface area contributed by atoms with Gasteiger partial charge in [0, 0.05) is 25.5 Å². The van der Waals surface area contributed by atoms with Crippen molar-refractivity contribution in [1.82, 2.24) is 9.88 Å². The fourth-order valence-corrected chi connectivity index (χ4v) is 2.22. The van der Waals surface area contributed by atoms with Gasteiger partial charge in [-0.3, -0.25) is 9.88 Å². The van der Waals surface area contributed by atoms with Crippen molar-refractivity contribution in [2.45, 2.75) is 18.9 Å². The zero-order valence-electron chi connectivity index (χ0n) is 10.1. The molecule has 0 aliphatic carbocycles. The Morgan fingerprint density at radius 1 is 1.53 bits per heavy atom. The van der Waals surface area contributed by atoms with Crippen molar-refractivity contribution in [2.75, 3.05) is 26.3 Å². The molecule has 17 heavy (non-hydrogen) atoms. The van der Waals surface area contributed by atoms with Crippen LogP contribution in [0.5, 0.6) is 0 Å². The molecule has 0 N–H and O–H groups in total. The maximum Gasteiger partial charge on any atom is 0.140 e. The Labute approximate surface area is 102 Å². The summed E-state index contributed by atoms with van der Waals surface area (Å²) in [6.07, 6.45) is 5.31. The first kappa shape index (κ1) is 12.2. The second-order valence-electron chi connectivity index (χ2n) is 4.61. The molecule has 0 bridgehead atoms. The molecule has 1 saturated heterocycles. The summed E-state index contributed by atoms with van der Waals surface area (Å²) in [5, 5.41) is 0. The number of rotatable bonds is 4. The molecule has 1 aliphatic heterocycles. The van der Waals surface area contributed by atoms with E-state index in [-0.39, 0.29) is 0 Å². The van der Waals surface area contributed by atoms with Crippen molar-refractivity contribution in [2.24, 2.45) is 0 Å². The highest BCUT2D eigenvalue weighted by Crippen LogP contribution is 2.19. The molecule has 4 heteroatoms. The summed E-state index contributed by atoms with van der Waals surface area (Å²) in [7, 11) is 0. The third-order valence-corrected chi connectivity index (χ3v) is 3.27. The third-order valence-electron chi connectivity index (χ3n) is 3.27. The summed E-state index contributed by atoms with van der Waals surface area (Å²) in [4.78, 5) is 17.7. The normalized spacial score (nSPS) is 20.8. The van der Waals surface area contributed by atoms with Crippen molar-refractivity contribution in [3.8, 4) is 0 Å². The van der Waals surface area contributed by atoms with Gasteiger partial charge in [0.1, 0.15) is 6.29 Å². The summed E-state index contributed by atoms with van der Waals surface area (Å²) in [6, 6.07) is 3.91. The standard InChI is InChI=1S/C13H18N2O2/c1-13(11-16,15-5-7-17-8-6-15)9-12-3-2-4-14-10-12/h2-4,10-11H,5-9H2,1H3. The van der Waals surface area contributed by atoms with Crippen LogP contribution in [0.2, 0.25) is 0 Å². The lowest BCUT2D eigenvalue weighted by molar-refractivity contribution is -0.120. The van der Waals surface area contributed by atoms with E-state index >= 15 is 0 Å². The minimum absolute atomic E-state index is 0.452. The van der Waals surface area contributed by atoms with E-state index in [0.29, 0.717) is 19.6 Å². The van der Waals surface area contributed by atoms with Gasteiger partial charge in [-0.15, -0.1) is 0 Å². The SMILES string of the molecule is CC(C=O)(Cc1cccnc1)N1CCOCC1. The van der Waals surface area contributed by atoms with Gasteiger partial charge < -0.3 is 9.53 Å². The van der Waals surface area contributed by atoms with Gasteiger partial charge in [0.05, 0.1) is 18.8 Å². The highest BCUT2D eigenvalue weighted by atomic mass is 16.5. The molecule has 0 spiro atoms. The fourth-order valence-electron chi connectivity index (χ4n) is 2.22. The van der Waals surface area contributed by atoms with E-state index in [1.54, 1.807) is 6.20 Å². The molecule has 92 valence electrons. The Balaban J connectivity index is 2.10. The summed E-state index contributed by atoms with van der Waals surface area (Å²) < 4.78 is 5.32. The predicted octanol–water partition coefficient (Wildman–Crippen LogP) is 0.914. The number of aldehydes is 1. The summed E-state index contributed by atoms with van der Waals surface area (Å²) in [5.74, 6) is 0. The van der Waals surface area contributed by atoms with Crippen LogP contribution in [0.15, 0.2) is 24.5 Å². The molecule has 1 aromatic heterocycles. The molecule has 1 aromatic rings. The number of hydrogen-bond acceptors (Lipinski definition) is 4.